The molecule has 2 aliphatic heterocycles. The second-order valence-electron chi connectivity index (χ2n) is 8.05. The van der Waals surface area contributed by atoms with Gasteiger partial charge in [0.15, 0.2) is 0 Å². The quantitative estimate of drug-likeness (QED) is 0.904. The third-order valence-electron chi connectivity index (χ3n) is 6.53. The number of rotatable bonds is 2. The number of piperidine rings is 1. The number of fused-ring (bicyclic) bond motifs is 2. The highest BCUT2D eigenvalue weighted by Crippen LogP contribution is 2.38. The summed E-state index contributed by atoms with van der Waals surface area (Å²) in [5.41, 5.74) is 4.69. The number of amides is 1. The van der Waals surface area contributed by atoms with Gasteiger partial charge in [-0.3, -0.25) is 14.8 Å². The van der Waals surface area contributed by atoms with E-state index >= 15 is 0 Å². The fourth-order valence-electron chi connectivity index (χ4n) is 5.12. The summed E-state index contributed by atoms with van der Waals surface area (Å²) in [4.78, 5) is 18.5. The van der Waals surface area contributed by atoms with Crippen molar-refractivity contribution in [1.29, 1.82) is 0 Å². The Morgan fingerprint density at radius 2 is 1.73 bits per heavy atom. The summed E-state index contributed by atoms with van der Waals surface area (Å²) in [5, 5.41) is 7.24. The van der Waals surface area contributed by atoms with E-state index in [4.69, 9.17) is 0 Å². The highest BCUT2D eigenvalue weighted by molar-refractivity contribution is 5.88. The summed E-state index contributed by atoms with van der Waals surface area (Å²) in [5.74, 6) is 0.322. The van der Waals surface area contributed by atoms with Gasteiger partial charge in [0, 0.05) is 43.6 Å². The summed E-state index contributed by atoms with van der Waals surface area (Å²) < 4.78 is 0. The summed E-state index contributed by atoms with van der Waals surface area (Å²) in [6.07, 6.45) is 8.17. The third-order valence-corrected chi connectivity index (χ3v) is 6.53. The van der Waals surface area contributed by atoms with Gasteiger partial charge in [-0.15, -0.1) is 0 Å². The van der Waals surface area contributed by atoms with Gasteiger partial charge in [0.05, 0.1) is 6.20 Å². The van der Waals surface area contributed by atoms with Gasteiger partial charge < -0.3 is 4.90 Å². The zero-order valence-corrected chi connectivity index (χ0v) is 15.2. The van der Waals surface area contributed by atoms with Crippen molar-refractivity contribution < 1.29 is 4.79 Å². The predicted molar refractivity (Wildman–Crippen MR) is 99.7 cm³/mol. The van der Waals surface area contributed by atoms with Crippen LogP contribution in [-0.4, -0.2) is 51.1 Å². The van der Waals surface area contributed by atoms with Crippen LogP contribution in [0.1, 0.15) is 41.6 Å². The van der Waals surface area contributed by atoms with E-state index in [-0.39, 0.29) is 5.54 Å². The monoisotopic (exact) mass is 350 g/mol. The van der Waals surface area contributed by atoms with Gasteiger partial charge in [-0.05, 0) is 37.1 Å². The molecule has 5 heteroatoms. The molecule has 1 aromatic heterocycles. The summed E-state index contributed by atoms with van der Waals surface area (Å²) in [6, 6.07) is 8.62. The molecule has 0 spiro atoms. The number of aromatic nitrogens is 2. The number of hydrogen-bond donors (Lipinski definition) is 1. The minimum atomic E-state index is -0.384. The minimum Gasteiger partial charge on any atom is -0.336 e. The smallest absolute Gasteiger partial charge is 0.244 e. The molecule has 136 valence electrons. The van der Waals surface area contributed by atoms with Crippen LogP contribution in [0.3, 0.4) is 0 Å². The van der Waals surface area contributed by atoms with Gasteiger partial charge >= 0.3 is 0 Å². The molecule has 3 heterocycles. The molecule has 0 bridgehead atoms. The normalized spacial score (nSPS) is 22.1. The lowest BCUT2D eigenvalue weighted by atomic mass is 9.88. The molecule has 0 atom stereocenters. The molecule has 2 aromatic rings. The molecule has 1 N–H and O–H groups in total. The third kappa shape index (κ3) is 2.49. The van der Waals surface area contributed by atoms with Crippen molar-refractivity contribution in [3.05, 3.63) is 52.8 Å². The number of likely N-dealkylation sites (tertiary alicyclic amines) is 1. The van der Waals surface area contributed by atoms with Gasteiger partial charge in [-0.25, -0.2) is 0 Å². The molecular weight excluding hydrogens is 324 g/mol. The van der Waals surface area contributed by atoms with Crippen LogP contribution in [0, 0.1) is 0 Å². The maximum atomic E-state index is 13.9. The van der Waals surface area contributed by atoms with E-state index < -0.39 is 0 Å². The summed E-state index contributed by atoms with van der Waals surface area (Å²) in [7, 11) is 0. The molecule has 0 radical (unpaired) electrons. The first kappa shape index (κ1) is 16.1. The topological polar surface area (TPSA) is 52.2 Å². The number of benzene rings is 1. The molecule has 0 unspecified atom stereocenters. The average molecular weight is 350 g/mol. The van der Waals surface area contributed by atoms with Crippen molar-refractivity contribution in [2.75, 3.05) is 19.6 Å². The number of carbonyl (C=O) groups is 1. The van der Waals surface area contributed by atoms with Gasteiger partial charge in [-0.1, -0.05) is 30.7 Å². The Hall–Kier alpha value is -2.14. The predicted octanol–water partition coefficient (Wildman–Crippen LogP) is 2.32. The molecular formula is C21H26N4O. The largest absolute Gasteiger partial charge is 0.336 e. The SMILES string of the molecule is O=C(N1CCc2[nH]ncc2C1)C1(N2CCCCC2)Cc2ccccc2C1. The van der Waals surface area contributed by atoms with E-state index in [1.54, 1.807) is 0 Å². The number of nitrogens with one attached hydrogen (secondary N) is 1. The first-order valence-corrected chi connectivity index (χ1v) is 9.89. The lowest BCUT2D eigenvalue weighted by Gasteiger charge is -2.45. The summed E-state index contributed by atoms with van der Waals surface area (Å²) >= 11 is 0. The van der Waals surface area contributed by atoms with Crippen LogP contribution in [-0.2, 0) is 30.6 Å². The number of aromatic amines is 1. The fourth-order valence-corrected chi connectivity index (χ4v) is 5.12. The van der Waals surface area contributed by atoms with Crippen LogP contribution in [0.2, 0.25) is 0 Å². The van der Waals surface area contributed by atoms with E-state index in [9.17, 15) is 4.79 Å². The van der Waals surface area contributed by atoms with Crippen molar-refractivity contribution >= 4 is 5.91 Å². The van der Waals surface area contributed by atoms with E-state index in [1.165, 1.54) is 41.6 Å². The number of H-pyrrole nitrogens is 1. The van der Waals surface area contributed by atoms with Crippen LogP contribution in [0.15, 0.2) is 30.5 Å². The van der Waals surface area contributed by atoms with Crippen LogP contribution in [0.25, 0.3) is 0 Å². The Labute approximate surface area is 154 Å². The molecule has 5 nitrogen and oxygen atoms in total. The van der Waals surface area contributed by atoms with Crippen molar-refractivity contribution in [3.8, 4) is 0 Å². The minimum absolute atomic E-state index is 0.322. The summed E-state index contributed by atoms with van der Waals surface area (Å²) in [6.45, 7) is 3.58. The van der Waals surface area contributed by atoms with Crippen LogP contribution >= 0.6 is 0 Å². The van der Waals surface area contributed by atoms with E-state index in [0.29, 0.717) is 12.5 Å². The van der Waals surface area contributed by atoms with Crippen LogP contribution in [0.4, 0.5) is 0 Å². The Kier molecular flexibility index (Phi) is 3.85. The number of carbonyl (C=O) groups excluding carboxylic acids is 1. The van der Waals surface area contributed by atoms with E-state index in [0.717, 1.165) is 38.9 Å². The van der Waals surface area contributed by atoms with E-state index in [2.05, 4.69) is 44.3 Å². The van der Waals surface area contributed by atoms with E-state index in [1.807, 2.05) is 6.20 Å². The van der Waals surface area contributed by atoms with Crippen LogP contribution < -0.4 is 0 Å². The molecule has 1 saturated heterocycles. The average Bonchev–Trinajstić information content (AvgIpc) is 3.32. The van der Waals surface area contributed by atoms with Crippen molar-refractivity contribution in [1.82, 2.24) is 20.0 Å². The maximum Gasteiger partial charge on any atom is 0.244 e. The molecule has 26 heavy (non-hydrogen) atoms. The number of nitrogens with zero attached hydrogens (tertiary/aromatic N) is 3. The lowest BCUT2D eigenvalue weighted by Crippen LogP contribution is -2.62. The highest BCUT2D eigenvalue weighted by atomic mass is 16.2. The molecule has 1 fully saturated rings. The Bertz CT molecular complexity index is 796. The van der Waals surface area contributed by atoms with Gasteiger partial charge in [-0.2, -0.15) is 5.10 Å². The second-order valence-corrected chi connectivity index (χ2v) is 8.05. The Morgan fingerprint density at radius 3 is 2.46 bits per heavy atom. The number of hydrogen-bond acceptors (Lipinski definition) is 3. The molecule has 1 aliphatic carbocycles. The Morgan fingerprint density at radius 1 is 1.00 bits per heavy atom. The zero-order valence-electron chi connectivity index (χ0n) is 15.2. The Balaban J connectivity index is 1.48. The first-order chi connectivity index (χ1) is 12.8. The molecule has 1 aromatic carbocycles. The lowest BCUT2D eigenvalue weighted by molar-refractivity contribution is -0.146. The van der Waals surface area contributed by atoms with Gasteiger partial charge in [0.2, 0.25) is 5.91 Å². The zero-order chi connectivity index (χ0) is 17.6. The fraction of sp³-hybridized carbons (Fsp3) is 0.524. The molecule has 1 amide bonds. The van der Waals surface area contributed by atoms with Gasteiger partial charge in [0.25, 0.3) is 0 Å². The second kappa shape index (κ2) is 6.23. The van der Waals surface area contributed by atoms with Crippen molar-refractivity contribution in [2.24, 2.45) is 0 Å². The van der Waals surface area contributed by atoms with Gasteiger partial charge in [0.1, 0.15) is 5.54 Å². The van der Waals surface area contributed by atoms with Crippen molar-refractivity contribution in [3.63, 3.8) is 0 Å². The molecule has 5 rings (SSSR count). The molecule has 3 aliphatic rings. The van der Waals surface area contributed by atoms with Crippen LogP contribution in [0.5, 0.6) is 0 Å². The maximum absolute atomic E-state index is 13.9. The standard InChI is InChI=1S/C21H26N4O/c26-20(24-11-8-19-18(15-24)14-22-23-19)21(25-9-4-1-5-10-25)12-16-6-2-3-7-17(16)13-21/h2-3,6-7,14H,1,4-5,8-13,15H2,(H,22,23). The van der Waals surface area contributed by atoms with Crippen molar-refractivity contribution in [2.45, 2.75) is 50.6 Å². The first-order valence-electron chi connectivity index (χ1n) is 9.89. The highest BCUT2D eigenvalue weighted by Gasteiger charge is 2.50. The molecule has 0 saturated carbocycles.